The van der Waals surface area contributed by atoms with Gasteiger partial charge in [-0.1, -0.05) is 6.08 Å². The Bertz CT molecular complexity index is 442. The summed E-state index contributed by atoms with van der Waals surface area (Å²) in [6, 6.07) is 2.08. The van der Waals surface area contributed by atoms with Crippen LogP contribution in [0.1, 0.15) is 18.4 Å². The first kappa shape index (κ1) is 10.8. The quantitative estimate of drug-likeness (QED) is 0.845. The maximum absolute atomic E-state index is 5.23. The Morgan fingerprint density at radius 1 is 1.35 bits per heavy atom. The fraction of sp³-hybridized carbons (Fsp3) is 0.500. The zero-order valence-corrected chi connectivity index (χ0v) is 10.1. The Morgan fingerprint density at radius 2 is 2.29 bits per heavy atom. The summed E-state index contributed by atoms with van der Waals surface area (Å²) in [6.07, 6.45) is 8.59. The van der Waals surface area contributed by atoms with Crippen LogP contribution in [0.2, 0.25) is 0 Å². The summed E-state index contributed by atoms with van der Waals surface area (Å²) in [4.78, 5) is 4.23. The maximum Gasteiger partial charge on any atom is 0.137 e. The molecule has 17 heavy (non-hydrogen) atoms. The topological polar surface area (TPSA) is 34.1 Å². The van der Waals surface area contributed by atoms with Gasteiger partial charge < -0.3 is 10.1 Å². The van der Waals surface area contributed by atoms with Crippen molar-refractivity contribution in [3.8, 4) is 5.75 Å². The molecule has 1 aromatic heterocycles. The molecule has 1 N–H and O–H groups in total. The van der Waals surface area contributed by atoms with Crippen molar-refractivity contribution in [2.45, 2.75) is 12.8 Å². The summed E-state index contributed by atoms with van der Waals surface area (Å²) < 4.78 is 5.23. The van der Waals surface area contributed by atoms with E-state index in [9.17, 15) is 0 Å². The van der Waals surface area contributed by atoms with E-state index in [-0.39, 0.29) is 0 Å². The summed E-state index contributed by atoms with van der Waals surface area (Å²) in [5, 5.41) is 3.47. The van der Waals surface area contributed by atoms with Gasteiger partial charge in [0.2, 0.25) is 0 Å². The average Bonchev–Trinajstić information content (AvgIpc) is 2.86. The second-order valence-electron chi connectivity index (χ2n) is 4.93. The third-order valence-electron chi connectivity index (χ3n) is 3.91. The predicted molar refractivity (Wildman–Crippen MR) is 67.8 cm³/mol. The number of methoxy groups -OCH3 is 1. The number of aromatic nitrogens is 1. The number of pyridine rings is 1. The Labute approximate surface area is 102 Å². The van der Waals surface area contributed by atoms with Crippen LogP contribution in [0.3, 0.4) is 0 Å². The van der Waals surface area contributed by atoms with Crippen molar-refractivity contribution in [3.05, 3.63) is 30.1 Å². The molecule has 0 amide bonds. The summed E-state index contributed by atoms with van der Waals surface area (Å²) in [5.74, 6) is 2.40. The first-order chi connectivity index (χ1) is 8.36. The first-order valence-corrected chi connectivity index (χ1v) is 6.27. The molecular weight excluding hydrogens is 212 g/mol. The lowest BCUT2D eigenvalue weighted by Gasteiger charge is -2.23. The van der Waals surface area contributed by atoms with Gasteiger partial charge in [-0.2, -0.15) is 0 Å². The van der Waals surface area contributed by atoms with Crippen LogP contribution in [-0.4, -0.2) is 25.2 Å². The molecule has 3 rings (SSSR count). The van der Waals surface area contributed by atoms with E-state index in [4.69, 9.17) is 4.74 Å². The monoisotopic (exact) mass is 230 g/mol. The van der Waals surface area contributed by atoms with Crippen LogP contribution in [0.4, 0.5) is 0 Å². The Kier molecular flexibility index (Phi) is 2.85. The van der Waals surface area contributed by atoms with E-state index in [1.807, 2.05) is 6.20 Å². The lowest BCUT2D eigenvalue weighted by atomic mass is 9.81. The molecule has 1 saturated heterocycles. The minimum absolute atomic E-state index is 0.713. The molecule has 0 spiro atoms. The van der Waals surface area contributed by atoms with E-state index in [1.54, 1.807) is 13.3 Å². The van der Waals surface area contributed by atoms with Crippen LogP contribution in [0.15, 0.2) is 24.5 Å². The molecule has 0 saturated carbocycles. The normalized spacial score (nSPS) is 27.5. The number of fused-ring (bicyclic) bond motifs is 1. The van der Waals surface area contributed by atoms with Crippen LogP contribution in [0, 0.1) is 11.8 Å². The fourth-order valence-corrected chi connectivity index (χ4v) is 2.89. The Morgan fingerprint density at radius 3 is 3.18 bits per heavy atom. The van der Waals surface area contributed by atoms with E-state index >= 15 is 0 Å². The van der Waals surface area contributed by atoms with Crippen LogP contribution < -0.4 is 10.1 Å². The molecule has 1 aliphatic heterocycles. The van der Waals surface area contributed by atoms with Gasteiger partial charge in [-0.25, -0.2) is 0 Å². The largest absolute Gasteiger partial charge is 0.495 e. The lowest BCUT2D eigenvalue weighted by molar-refractivity contribution is 0.412. The molecule has 1 fully saturated rings. The van der Waals surface area contributed by atoms with Gasteiger partial charge in [0.05, 0.1) is 13.3 Å². The van der Waals surface area contributed by atoms with Crippen LogP contribution >= 0.6 is 0 Å². The molecular formula is C14H18N2O. The average molecular weight is 230 g/mol. The minimum Gasteiger partial charge on any atom is -0.495 e. The van der Waals surface area contributed by atoms with Crippen molar-refractivity contribution in [3.63, 3.8) is 0 Å². The summed E-state index contributed by atoms with van der Waals surface area (Å²) in [7, 11) is 1.69. The van der Waals surface area contributed by atoms with Crippen molar-refractivity contribution in [1.82, 2.24) is 10.3 Å². The van der Waals surface area contributed by atoms with Gasteiger partial charge in [0, 0.05) is 12.7 Å². The van der Waals surface area contributed by atoms with Crippen molar-refractivity contribution in [2.24, 2.45) is 11.8 Å². The molecule has 1 aromatic rings. The second-order valence-corrected chi connectivity index (χ2v) is 4.93. The molecule has 3 nitrogen and oxygen atoms in total. The molecule has 2 heterocycles. The first-order valence-electron chi connectivity index (χ1n) is 6.27. The summed E-state index contributed by atoms with van der Waals surface area (Å²) in [5.41, 5.74) is 2.65. The SMILES string of the molecule is COc1cncc(C2=C[C@@H]3CNC[C@@H]3CC2)c1. The number of rotatable bonds is 2. The highest BCUT2D eigenvalue weighted by atomic mass is 16.5. The number of allylic oxidation sites excluding steroid dienone is 1. The Balaban J connectivity index is 1.88. The van der Waals surface area contributed by atoms with E-state index < -0.39 is 0 Å². The zero-order chi connectivity index (χ0) is 11.7. The number of nitrogens with one attached hydrogen (secondary N) is 1. The van der Waals surface area contributed by atoms with E-state index in [0.717, 1.165) is 24.6 Å². The number of nitrogens with zero attached hydrogens (tertiary/aromatic N) is 1. The molecule has 3 heteroatoms. The third-order valence-corrected chi connectivity index (χ3v) is 3.91. The van der Waals surface area contributed by atoms with Crippen molar-refractivity contribution in [1.29, 1.82) is 0 Å². The smallest absolute Gasteiger partial charge is 0.137 e. The highest BCUT2D eigenvalue weighted by Crippen LogP contribution is 2.36. The van der Waals surface area contributed by atoms with E-state index in [1.165, 1.54) is 24.1 Å². The van der Waals surface area contributed by atoms with Gasteiger partial charge in [0.1, 0.15) is 5.75 Å². The molecule has 0 radical (unpaired) electrons. The van der Waals surface area contributed by atoms with Gasteiger partial charge in [-0.3, -0.25) is 4.98 Å². The second kappa shape index (κ2) is 4.49. The standard InChI is InChI=1S/C14H18N2O/c1-17-14-5-13(8-16-9-14)10-2-3-11-6-15-7-12(11)4-10/h4-5,8-9,11-12,15H,2-3,6-7H2,1H3/t11-,12+/m0/s1. The van der Waals surface area contributed by atoms with E-state index in [0.29, 0.717) is 5.92 Å². The molecule has 2 aliphatic rings. The van der Waals surface area contributed by atoms with Crippen LogP contribution in [0.5, 0.6) is 5.75 Å². The predicted octanol–water partition coefficient (Wildman–Crippen LogP) is 2.10. The zero-order valence-electron chi connectivity index (χ0n) is 10.1. The highest BCUT2D eigenvalue weighted by Gasteiger charge is 2.29. The Hall–Kier alpha value is -1.35. The molecule has 0 aromatic carbocycles. The molecule has 2 atom stereocenters. The lowest BCUT2D eigenvalue weighted by Crippen LogP contribution is -2.15. The van der Waals surface area contributed by atoms with E-state index in [2.05, 4.69) is 22.4 Å². The fourth-order valence-electron chi connectivity index (χ4n) is 2.89. The molecule has 1 aliphatic carbocycles. The number of hydrogen-bond acceptors (Lipinski definition) is 3. The van der Waals surface area contributed by atoms with Crippen molar-refractivity contribution in [2.75, 3.05) is 20.2 Å². The molecule has 0 unspecified atom stereocenters. The van der Waals surface area contributed by atoms with Gasteiger partial charge >= 0.3 is 0 Å². The van der Waals surface area contributed by atoms with Crippen molar-refractivity contribution < 1.29 is 4.74 Å². The molecule has 0 bridgehead atoms. The van der Waals surface area contributed by atoms with Gasteiger partial charge in [-0.15, -0.1) is 0 Å². The van der Waals surface area contributed by atoms with Gasteiger partial charge in [0.15, 0.2) is 0 Å². The van der Waals surface area contributed by atoms with Crippen molar-refractivity contribution >= 4 is 5.57 Å². The number of hydrogen-bond donors (Lipinski definition) is 1. The van der Waals surface area contributed by atoms with Gasteiger partial charge in [0.25, 0.3) is 0 Å². The summed E-state index contributed by atoms with van der Waals surface area (Å²) in [6.45, 7) is 2.32. The maximum atomic E-state index is 5.23. The minimum atomic E-state index is 0.713. The molecule has 90 valence electrons. The third kappa shape index (κ3) is 2.07. The van der Waals surface area contributed by atoms with Gasteiger partial charge in [-0.05, 0) is 48.4 Å². The number of ether oxygens (including phenoxy) is 1. The van der Waals surface area contributed by atoms with Crippen LogP contribution in [-0.2, 0) is 0 Å². The summed E-state index contributed by atoms with van der Waals surface area (Å²) >= 11 is 0. The van der Waals surface area contributed by atoms with Crippen LogP contribution in [0.25, 0.3) is 5.57 Å². The highest BCUT2D eigenvalue weighted by molar-refractivity contribution is 5.67.